The Labute approximate surface area is 110 Å². The molecule has 0 spiro atoms. The van der Waals surface area contributed by atoms with E-state index in [2.05, 4.69) is 5.32 Å². The standard InChI is InChI=1S/C14H14N2O3/c15-11-3-1-2-9(4-11)8-16-14(19)10-5-12(17)7-13(18)6-10/h1-7,17-18H,8,15H2,(H,16,19). The maximum atomic E-state index is 11.8. The van der Waals surface area contributed by atoms with Gasteiger partial charge in [-0.15, -0.1) is 0 Å². The van der Waals surface area contributed by atoms with Gasteiger partial charge in [-0.3, -0.25) is 4.79 Å². The summed E-state index contributed by atoms with van der Waals surface area (Å²) < 4.78 is 0. The van der Waals surface area contributed by atoms with Crippen molar-refractivity contribution in [3.8, 4) is 11.5 Å². The molecule has 0 aromatic heterocycles. The fourth-order valence-electron chi connectivity index (χ4n) is 1.71. The third kappa shape index (κ3) is 3.38. The maximum absolute atomic E-state index is 11.8. The number of amides is 1. The number of aromatic hydroxyl groups is 2. The molecule has 0 unspecified atom stereocenters. The summed E-state index contributed by atoms with van der Waals surface area (Å²) in [6.45, 7) is 0.320. The number of nitrogen functional groups attached to an aromatic ring is 1. The van der Waals surface area contributed by atoms with Crippen LogP contribution in [0.4, 0.5) is 5.69 Å². The van der Waals surface area contributed by atoms with Gasteiger partial charge in [-0.2, -0.15) is 0 Å². The first-order valence-corrected chi connectivity index (χ1v) is 5.70. The van der Waals surface area contributed by atoms with Crippen LogP contribution in [0.3, 0.4) is 0 Å². The summed E-state index contributed by atoms with van der Waals surface area (Å²) in [4.78, 5) is 11.8. The number of carbonyl (C=O) groups is 1. The van der Waals surface area contributed by atoms with Crippen molar-refractivity contribution in [2.45, 2.75) is 6.54 Å². The molecule has 2 rings (SSSR count). The van der Waals surface area contributed by atoms with E-state index in [1.165, 1.54) is 12.1 Å². The van der Waals surface area contributed by atoms with Crippen LogP contribution in [-0.4, -0.2) is 16.1 Å². The molecule has 0 bridgehead atoms. The number of phenolic OH excluding ortho intramolecular Hbond substituents is 2. The van der Waals surface area contributed by atoms with Crippen LogP contribution in [0.15, 0.2) is 42.5 Å². The molecule has 19 heavy (non-hydrogen) atoms. The summed E-state index contributed by atoms with van der Waals surface area (Å²) in [5.41, 5.74) is 7.33. The van der Waals surface area contributed by atoms with Crippen LogP contribution in [0.1, 0.15) is 15.9 Å². The summed E-state index contributed by atoms with van der Waals surface area (Å²) in [6.07, 6.45) is 0. The minimum absolute atomic E-state index is 0.158. The SMILES string of the molecule is Nc1cccc(CNC(=O)c2cc(O)cc(O)c2)c1. The highest BCUT2D eigenvalue weighted by molar-refractivity contribution is 5.95. The average molecular weight is 258 g/mol. The van der Waals surface area contributed by atoms with Crippen molar-refractivity contribution in [1.29, 1.82) is 0 Å². The zero-order chi connectivity index (χ0) is 13.8. The molecule has 5 nitrogen and oxygen atoms in total. The summed E-state index contributed by atoms with van der Waals surface area (Å²) >= 11 is 0. The van der Waals surface area contributed by atoms with Crippen LogP contribution >= 0.6 is 0 Å². The van der Waals surface area contributed by atoms with Gasteiger partial charge in [0, 0.05) is 23.9 Å². The number of rotatable bonds is 3. The minimum atomic E-state index is -0.381. The second-order valence-electron chi connectivity index (χ2n) is 4.17. The fourth-order valence-corrected chi connectivity index (χ4v) is 1.71. The highest BCUT2D eigenvalue weighted by atomic mass is 16.3. The number of benzene rings is 2. The molecule has 5 heteroatoms. The third-order valence-electron chi connectivity index (χ3n) is 2.57. The van der Waals surface area contributed by atoms with Crippen LogP contribution in [0.2, 0.25) is 0 Å². The molecule has 0 aliphatic carbocycles. The lowest BCUT2D eigenvalue weighted by molar-refractivity contribution is 0.0950. The Balaban J connectivity index is 2.05. The highest BCUT2D eigenvalue weighted by Crippen LogP contribution is 2.20. The molecule has 2 aromatic carbocycles. The minimum Gasteiger partial charge on any atom is -0.508 e. The molecule has 0 fully saturated rings. The molecule has 5 N–H and O–H groups in total. The molecule has 0 radical (unpaired) electrons. The summed E-state index contributed by atoms with van der Waals surface area (Å²) in [5.74, 6) is -0.697. The monoisotopic (exact) mass is 258 g/mol. The Hall–Kier alpha value is -2.69. The van der Waals surface area contributed by atoms with Crippen LogP contribution in [0.5, 0.6) is 11.5 Å². The number of nitrogens with one attached hydrogen (secondary N) is 1. The Bertz CT molecular complexity index is 591. The van der Waals surface area contributed by atoms with Crippen molar-refractivity contribution >= 4 is 11.6 Å². The van der Waals surface area contributed by atoms with E-state index in [0.717, 1.165) is 11.6 Å². The van der Waals surface area contributed by atoms with Gasteiger partial charge in [0.25, 0.3) is 5.91 Å². The van der Waals surface area contributed by atoms with Gasteiger partial charge in [-0.1, -0.05) is 12.1 Å². The lowest BCUT2D eigenvalue weighted by Gasteiger charge is -2.07. The van der Waals surface area contributed by atoms with E-state index in [0.29, 0.717) is 12.2 Å². The molecule has 0 heterocycles. The second kappa shape index (κ2) is 5.30. The van der Waals surface area contributed by atoms with E-state index >= 15 is 0 Å². The molecule has 98 valence electrons. The van der Waals surface area contributed by atoms with Gasteiger partial charge in [-0.25, -0.2) is 0 Å². The van der Waals surface area contributed by atoms with Crippen molar-refractivity contribution in [2.24, 2.45) is 0 Å². The van der Waals surface area contributed by atoms with Crippen LogP contribution in [0.25, 0.3) is 0 Å². The molecule has 0 aliphatic heterocycles. The zero-order valence-corrected chi connectivity index (χ0v) is 10.1. The molecular formula is C14H14N2O3. The predicted octanol–water partition coefficient (Wildman–Crippen LogP) is 1.61. The van der Waals surface area contributed by atoms with Crippen LogP contribution in [0, 0.1) is 0 Å². The Kier molecular flexibility index (Phi) is 3.56. The molecule has 0 saturated heterocycles. The lowest BCUT2D eigenvalue weighted by atomic mass is 10.1. The third-order valence-corrected chi connectivity index (χ3v) is 2.57. The van der Waals surface area contributed by atoms with Gasteiger partial charge in [0.05, 0.1) is 0 Å². The molecule has 1 amide bonds. The molecular weight excluding hydrogens is 244 g/mol. The largest absolute Gasteiger partial charge is 0.508 e. The molecule has 0 saturated carbocycles. The number of phenols is 2. The van der Waals surface area contributed by atoms with E-state index < -0.39 is 0 Å². The second-order valence-corrected chi connectivity index (χ2v) is 4.17. The highest BCUT2D eigenvalue weighted by Gasteiger charge is 2.08. The predicted molar refractivity (Wildman–Crippen MR) is 71.8 cm³/mol. The van der Waals surface area contributed by atoms with Gasteiger partial charge in [-0.05, 0) is 29.8 Å². The number of hydrogen-bond acceptors (Lipinski definition) is 4. The van der Waals surface area contributed by atoms with Crippen molar-refractivity contribution in [3.05, 3.63) is 53.6 Å². The van der Waals surface area contributed by atoms with Gasteiger partial charge >= 0.3 is 0 Å². The first-order chi connectivity index (χ1) is 9.04. The first kappa shape index (κ1) is 12.8. The average Bonchev–Trinajstić information content (AvgIpc) is 2.35. The van der Waals surface area contributed by atoms with Crippen molar-refractivity contribution < 1.29 is 15.0 Å². The van der Waals surface area contributed by atoms with Gasteiger partial charge < -0.3 is 21.3 Å². The van der Waals surface area contributed by atoms with Crippen LogP contribution < -0.4 is 11.1 Å². The molecule has 0 atom stereocenters. The van der Waals surface area contributed by atoms with E-state index in [1.54, 1.807) is 18.2 Å². The van der Waals surface area contributed by atoms with Crippen LogP contribution in [-0.2, 0) is 6.54 Å². The van der Waals surface area contributed by atoms with Gasteiger partial charge in [0.2, 0.25) is 0 Å². The van der Waals surface area contributed by atoms with E-state index in [1.807, 2.05) is 6.07 Å². The lowest BCUT2D eigenvalue weighted by Crippen LogP contribution is -2.22. The Morgan fingerprint density at radius 3 is 2.42 bits per heavy atom. The normalized spacial score (nSPS) is 10.1. The maximum Gasteiger partial charge on any atom is 0.251 e. The van der Waals surface area contributed by atoms with Crippen molar-refractivity contribution in [1.82, 2.24) is 5.32 Å². The number of anilines is 1. The summed E-state index contributed by atoms with van der Waals surface area (Å²) in [7, 11) is 0. The smallest absolute Gasteiger partial charge is 0.251 e. The molecule has 0 aliphatic rings. The zero-order valence-electron chi connectivity index (χ0n) is 10.1. The number of carbonyl (C=O) groups excluding carboxylic acids is 1. The Morgan fingerprint density at radius 1 is 1.11 bits per heavy atom. The quantitative estimate of drug-likeness (QED) is 0.629. The molecule has 2 aromatic rings. The number of hydrogen-bond donors (Lipinski definition) is 4. The summed E-state index contributed by atoms with van der Waals surface area (Å²) in [5, 5.41) is 21.3. The Morgan fingerprint density at radius 2 is 1.79 bits per heavy atom. The fraction of sp³-hybridized carbons (Fsp3) is 0.0714. The van der Waals surface area contributed by atoms with E-state index in [-0.39, 0.29) is 23.0 Å². The van der Waals surface area contributed by atoms with Crippen molar-refractivity contribution in [3.63, 3.8) is 0 Å². The van der Waals surface area contributed by atoms with E-state index in [9.17, 15) is 15.0 Å². The van der Waals surface area contributed by atoms with E-state index in [4.69, 9.17) is 5.73 Å². The van der Waals surface area contributed by atoms with Gasteiger partial charge in [0.15, 0.2) is 0 Å². The summed E-state index contributed by atoms with van der Waals surface area (Å²) in [6, 6.07) is 10.9. The first-order valence-electron chi connectivity index (χ1n) is 5.70. The number of nitrogens with two attached hydrogens (primary N) is 1. The van der Waals surface area contributed by atoms with Gasteiger partial charge in [0.1, 0.15) is 11.5 Å². The topological polar surface area (TPSA) is 95.6 Å². The van der Waals surface area contributed by atoms with Crippen molar-refractivity contribution in [2.75, 3.05) is 5.73 Å².